The van der Waals surface area contributed by atoms with Gasteiger partial charge in [0.15, 0.2) is 93.1 Å². The first-order valence-corrected chi connectivity index (χ1v) is 18.7. The highest BCUT2D eigenvalue weighted by atomic mass is 31.1. The van der Waals surface area contributed by atoms with Gasteiger partial charge in [0.05, 0.1) is 21.2 Å². The highest BCUT2D eigenvalue weighted by Crippen LogP contribution is 2.68. The van der Waals surface area contributed by atoms with Crippen LogP contribution in [0.3, 0.4) is 0 Å². The number of rotatable bonds is 9. The summed E-state index contributed by atoms with van der Waals surface area (Å²) >= 11 is 0. The molecule has 0 aliphatic rings. The van der Waals surface area contributed by atoms with E-state index in [-0.39, 0.29) is 0 Å². The molecule has 0 aliphatic carbocycles. The van der Waals surface area contributed by atoms with E-state index in [1.54, 1.807) is 0 Å². The molecule has 0 aromatic heterocycles. The van der Waals surface area contributed by atoms with Crippen molar-refractivity contribution in [2.24, 2.45) is 0 Å². The molecule has 2 atom stereocenters. The Balaban J connectivity index is 1.97. The first-order valence-electron chi connectivity index (χ1n) is 15.9. The molecule has 0 unspecified atom stereocenters. The van der Waals surface area contributed by atoms with E-state index in [9.17, 15) is 17.6 Å². The first kappa shape index (κ1) is 44.3. The summed E-state index contributed by atoms with van der Waals surface area (Å²) in [6, 6.07) is 8.38. The molecule has 0 fully saturated rings. The maximum absolute atomic E-state index is 16.1. The van der Waals surface area contributed by atoms with E-state index >= 15 is 70.2 Å². The molecule has 22 heteroatoms. The lowest BCUT2D eigenvalue weighted by molar-refractivity contribution is 0.382. The predicted octanol–water partition coefficient (Wildman–Crippen LogP) is 11.5. The second kappa shape index (κ2) is 16.7. The van der Waals surface area contributed by atoms with Crippen LogP contribution < -0.4 is 21.2 Å². The minimum Gasteiger partial charge on any atom is -0.203 e. The van der Waals surface area contributed by atoms with Crippen molar-refractivity contribution in [2.45, 2.75) is 11.3 Å². The Bertz CT molecular complexity index is 2250. The molecule has 0 radical (unpaired) electrons. The lowest BCUT2D eigenvalue weighted by atomic mass is 10.0. The Kier molecular flexibility index (Phi) is 12.3. The van der Waals surface area contributed by atoms with Crippen LogP contribution in [0.15, 0.2) is 60.7 Å². The van der Waals surface area contributed by atoms with Crippen molar-refractivity contribution in [3.05, 3.63) is 188 Å². The van der Waals surface area contributed by atoms with Gasteiger partial charge in [-0.3, -0.25) is 0 Å². The van der Waals surface area contributed by atoms with Crippen LogP contribution in [-0.2, 0) is 0 Å². The molecule has 0 N–H and O–H groups in total. The zero-order valence-corrected chi connectivity index (χ0v) is 30.2. The van der Waals surface area contributed by atoms with E-state index in [2.05, 4.69) is 0 Å². The van der Waals surface area contributed by atoms with Gasteiger partial charge < -0.3 is 0 Å². The van der Waals surface area contributed by atoms with E-state index < -0.39 is 176 Å². The summed E-state index contributed by atoms with van der Waals surface area (Å²) in [5.41, 5.74) is -7.93. The van der Waals surface area contributed by atoms with Crippen LogP contribution in [0.25, 0.3) is 0 Å². The second-order valence-corrected chi connectivity index (χ2v) is 16.5. The molecule has 6 aromatic carbocycles. The number of benzene rings is 6. The highest BCUT2D eigenvalue weighted by molar-refractivity contribution is 7.77. The lowest BCUT2D eigenvalue weighted by Gasteiger charge is -2.41. The van der Waals surface area contributed by atoms with Gasteiger partial charge >= 0.3 is 0 Å². The number of halogens is 20. The Labute approximate surface area is 324 Å². The fourth-order valence-corrected chi connectivity index (χ4v) is 12.9. The summed E-state index contributed by atoms with van der Waals surface area (Å²) in [7, 11) is -9.62. The van der Waals surface area contributed by atoms with Crippen molar-refractivity contribution in [2.75, 3.05) is 0 Å². The summed E-state index contributed by atoms with van der Waals surface area (Å²) in [4.78, 5) is 0. The monoisotopic (exact) mass is 910 g/mol. The molecule has 0 saturated heterocycles. The molecule has 0 bridgehead atoms. The molecule has 0 heterocycles. The minimum absolute atomic E-state index is 0.679. The van der Waals surface area contributed by atoms with Gasteiger partial charge in [-0.2, -0.15) is 0 Å². The highest BCUT2D eigenvalue weighted by Gasteiger charge is 2.50. The maximum Gasteiger partial charge on any atom is 0.200 e. The minimum atomic E-state index is -4.81. The molecule has 0 amide bonds. The topological polar surface area (TPSA) is 0 Å². The quantitative estimate of drug-likeness (QED) is 0.0587. The van der Waals surface area contributed by atoms with Crippen LogP contribution in [0.2, 0.25) is 0 Å². The van der Waals surface area contributed by atoms with Crippen LogP contribution in [0.5, 0.6) is 0 Å². The van der Waals surface area contributed by atoms with Gasteiger partial charge in [-0.15, -0.1) is 0 Å². The zero-order valence-electron chi connectivity index (χ0n) is 28.4. The van der Waals surface area contributed by atoms with Crippen LogP contribution in [0.4, 0.5) is 87.8 Å². The van der Waals surface area contributed by atoms with Gasteiger partial charge in [0.1, 0.15) is 0 Å². The third-order valence-corrected chi connectivity index (χ3v) is 14.9. The number of hydrogen-bond acceptors (Lipinski definition) is 0. The van der Waals surface area contributed by atoms with Crippen molar-refractivity contribution in [3.63, 3.8) is 0 Å². The van der Waals surface area contributed by atoms with E-state index in [0.29, 0.717) is 24.3 Å². The molecular formula is C38H12F20P2. The zero-order chi connectivity index (χ0) is 44.4. The van der Waals surface area contributed by atoms with Crippen molar-refractivity contribution < 1.29 is 87.8 Å². The molecule has 0 spiro atoms. The summed E-state index contributed by atoms with van der Waals surface area (Å²) in [5, 5.41) is -9.87. The molecule has 60 heavy (non-hydrogen) atoms. The summed E-state index contributed by atoms with van der Waals surface area (Å²) in [6.07, 6.45) is 0. The van der Waals surface area contributed by atoms with E-state index in [1.807, 2.05) is 0 Å². The maximum atomic E-state index is 16.1. The predicted molar refractivity (Wildman–Crippen MR) is 176 cm³/mol. The van der Waals surface area contributed by atoms with Gasteiger partial charge in [-0.1, -0.05) is 60.7 Å². The van der Waals surface area contributed by atoms with E-state index in [0.717, 1.165) is 36.4 Å². The Morgan fingerprint density at radius 2 is 0.367 bits per heavy atom. The molecular weight excluding hydrogens is 898 g/mol. The first-order chi connectivity index (χ1) is 28.2. The fourth-order valence-electron chi connectivity index (χ4n) is 6.24. The second-order valence-electron chi connectivity index (χ2n) is 12.1. The van der Waals surface area contributed by atoms with Crippen molar-refractivity contribution in [3.8, 4) is 0 Å². The van der Waals surface area contributed by atoms with Gasteiger partial charge in [-0.25, -0.2) is 87.8 Å². The van der Waals surface area contributed by atoms with Crippen molar-refractivity contribution in [1.82, 2.24) is 0 Å². The molecule has 0 aliphatic heterocycles. The van der Waals surface area contributed by atoms with Gasteiger partial charge in [0, 0.05) is 11.3 Å². The van der Waals surface area contributed by atoms with Crippen LogP contribution >= 0.6 is 15.8 Å². The summed E-state index contributed by atoms with van der Waals surface area (Å²) in [5.74, 6) is -60.2. The van der Waals surface area contributed by atoms with E-state index in [1.165, 1.54) is 0 Å². The fraction of sp³-hybridized carbons (Fsp3) is 0.0526. The molecule has 0 saturated carbocycles. The Hall–Kier alpha value is -5.22. The average Bonchev–Trinajstić information content (AvgIpc) is 3.25. The largest absolute Gasteiger partial charge is 0.203 e. The summed E-state index contributed by atoms with van der Waals surface area (Å²) < 4.78 is 307. The number of hydrogen-bond donors (Lipinski definition) is 0. The van der Waals surface area contributed by atoms with E-state index in [4.69, 9.17) is 0 Å². The normalized spacial score (nSPS) is 12.8. The standard InChI is InChI=1S/C38H12F20P2/c39-13-17(43)25(51)35(26(52)18(13)44)59(36-27(53)19(45)14(40)20(46)28(36)54)33(11-7-3-1-4-8-11)34(12-9-5-2-6-10-12)60(37-29(55)21(47)15(41)22(48)30(37)56)38-31(57)23(49)16(42)24(50)32(38)58/h1-10,33-34H/t33-,34-/m1/s1. The van der Waals surface area contributed by atoms with Gasteiger partial charge in [-0.05, 0) is 27.0 Å². The van der Waals surface area contributed by atoms with Crippen LogP contribution in [-0.4, -0.2) is 0 Å². The molecule has 0 nitrogen and oxygen atoms in total. The van der Waals surface area contributed by atoms with Gasteiger partial charge in [0.25, 0.3) is 0 Å². The van der Waals surface area contributed by atoms with Gasteiger partial charge in [0.2, 0.25) is 23.3 Å². The SMILES string of the molecule is Fc1c(F)c(F)c(P(c2c(F)c(F)c(F)c(F)c2F)[C@H](c2ccccc2)[C@@H](c2ccccc2)P(c2c(F)c(F)c(F)c(F)c2F)c2c(F)c(F)c(F)c(F)c2F)c(F)c1F. The molecule has 6 rings (SSSR count). The van der Waals surface area contributed by atoms with Crippen LogP contribution in [0.1, 0.15) is 22.4 Å². The molecule has 314 valence electrons. The van der Waals surface area contributed by atoms with Crippen molar-refractivity contribution >= 4 is 37.1 Å². The smallest absolute Gasteiger partial charge is 0.200 e. The Morgan fingerprint density at radius 1 is 0.217 bits per heavy atom. The van der Waals surface area contributed by atoms with Crippen LogP contribution in [0, 0.1) is 116 Å². The van der Waals surface area contributed by atoms with Crippen molar-refractivity contribution in [1.29, 1.82) is 0 Å². The molecule has 6 aromatic rings. The summed E-state index contributed by atoms with van der Waals surface area (Å²) in [6.45, 7) is 0. The Morgan fingerprint density at radius 3 is 0.533 bits per heavy atom. The third-order valence-electron chi connectivity index (χ3n) is 8.85. The third kappa shape index (κ3) is 6.94. The average molecular weight is 910 g/mol. The lowest BCUT2D eigenvalue weighted by Crippen LogP contribution is -2.36.